The number of carbonyl (C=O) groups is 1. The van der Waals surface area contributed by atoms with Gasteiger partial charge in [0.2, 0.25) is 0 Å². The molecule has 0 heterocycles. The molecule has 1 aromatic carbocycles. The molecule has 0 unspecified atom stereocenters. The first-order valence-corrected chi connectivity index (χ1v) is 6.58. The van der Waals surface area contributed by atoms with Gasteiger partial charge >= 0.3 is 0 Å². The molecule has 0 aromatic heterocycles. The maximum Gasteiger partial charge on any atom is 0.253 e. The molecule has 98 valence electrons. The molecule has 1 aromatic rings. The van der Waals surface area contributed by atoms with E-state index in [1.54, 1.807) is 25.2 Å². The maximum atomic E-state index is 12.0. The number of oxime groups is 1. The van der Waals surface area contributed by atoms with Crippen LogP contribution in [0.4, 0.5) is 0 Å². The van der Waals surface area contributed by atoms with Crippen LogP contribution >= 0.6 is 34.2 Å². The second kappa shape index (κ2) is 6.79. The average Bonchev–Trinajstić information content (AvgIpc) is 2.37. The van der Waals surface area contributed by atoms with Crippen LogP contribution < -0.4 is 5.73 Å². The van der Waals surface area contributed by atoms with E-state index in [0.717, 1.165) is 3.57 Å². The van der Waals surface area contributed by atoms with E-state index in [0.29, 0.717) is 23.6 Å². The summed E-state index contributed by atoms with van der Waals surface area (Å²) >= 11 is 8.06. The summed E-state index contributed by atoms with van der Waals surface area (Å²) in [6.07, 6.45) is 0.316. The van der Waals surface area contributed by atoms with E-state index in [1.165, 1.54) is 4.90 Å². The lowest BCUT2D eigenvalue weighted by molar-refractivity contribution is 0.0798. The minimum Gasteiger partial charge on any atom is -0.409 e. The van der Waals surface area contributed by atoms with Crippen LogP contribution in [0.25, 0.3) is 0 Å². The van der Waals surface area contributed by atoms with Gasteiger partial charge in [-0.05, 0) is 40.8 Å². The van der Waals surface area contributed by atoms with Crippen molar-refractivity contribution in [2.45, 2.75) is 6.42 Å². The van der Waals surface area contributed by atoms with Crippen LogP contribution in [-0.2, 0) is 0 Å². The molecule has 0 aliphatic rings. The number of carbonyl (C=O) groups excluding carboxylic acids is 1. The van der Waals surface area contributed by atoms with Crippen molar-refractivity contribution in [3.63, 3.8) is 0 Å². The van der Waals surface area contributed by atoms with Crippen LogP contribution in [0.1, 0.15) is 16.8 Å². The zero-order chi connectivity index (χ0) is 13.7. The first-order chi connectivity index (χ1) is 8.45. The Morgan fingerprint density at radius 2 is 2.28 bits per heavy atom. The fourth-order valence-corrected chi connectivity index (χ4v) is 1.80. The van der Waals surface area contributed by atoms with Crippen molar-refractivity contribution in [3.05, 3.63) is 32.4 Å². The lowest BCUT2D eigenvalue weighted by Gasteiger charge is -2.17. The largest absolute Gasteiger partial charge is 0.409 e. The summed E-state index contributed by atoms with van der Waals surface area (Å²) in [7, 11) is 1.65. The summed E-state index contributed by atoms with van der Waals surface area (Å²) in [5.41, 5.74) is 5.86. The minimum absolute atomic E-state index is 0.0929. The lowest BCUT2D eigenvalue weighted by Crippen LogP contribution is -2.30. The van der Waals surface area contributed by atoms with Crippen LogP contribution in [0.5, 0.6) is 0 Å². The molecule has 0 aliphatic carbocycles. The smallest absolute Gasteiger partial charge is 0.253 e. The molecular formula is C11H13ClIN3O2. The Bertz CT molecular complexity index is 479. The van der Waals surface area contributed by atoms with Gasteiger partial charge in [0.15, 0.2) is 0 Å². The van der Waals surface area contributed by atoms with E-state index in [-0.39, 0.29) is 11.7 Å². The second-order valence-corrected chi connectivity index (χ2v) is 5.27. The van der Waals surface area contributed by atoms with Crippen molar-refractivity contribution in [2.75, 3.05) is 13.6 Å². The van der Waals surface area contributed by atoms with E-state index < -0.39 is 0 Å². The highest BCUT2D eigenvalue weighted by Crippen LogP contribution is 2.20. The highest BCUT2D eigenvalue weighted by Gasteiger charge is 2.13. The summed E-state index contributed by atoms with van der Waals surface area (Å²) in [6.45, 7) is 0.373. The lowest BCUT2D eigenvalue weighted by atomic mass is 10.2. The van der Waals surface area contributed by atoms with Gasteiger partial charge in [-0.15, -0.1) is 0 Å². The number of hydrogen-bond donors (Lipinski definition) is 2. The van der Waals surface area contributed by atoms with Gasteiger partial charge in [-0.1, -0.05) is 16.8 Å². The van der Waals surface area contributed by atoms with Crippen molar-refractivity contribution in [1.29, 1.82) is 0 Å². The normalized spacial score (nSPS) is 11.4. The number of amidine groups is 1. The number of benzene rings is 1. The highest BCUT2D eigenvalue weighted by molar-refractivity contribution is 14.1. The Kier molecular flexibility index (Phi) is 5.67. The molecule has 18 heavy (non-hydrogen) atoms. The summed E-state index contributed by atoms with van der Waals surface area (Å²) in [4.78, 5) is 13.5. The third-order valence-electron chi connectivity index (χ3n) is 2.35. The zero-order valence-electron chi connectivity index (χ0n) is 9.73. The predicted octanol–water partition coefficient (Wildman–Crippen LogP) is 2.15. The maximum absolute atomic E-state index is 12.0. The number of rotatable bonds is 4. The Balaban J connectivity index is 2.71. The fourth-order valence-electron chi connectivity index (χ4n) is 1.28. The molecule has 1 rings (SSSR count). The molecule has 0 saturated carbocycles. The number of halogens is 2. The number of nitrogens with two attached hydrogens (primary N) is 1. The van der Waals surface area contributed by atoms with Crippen molar-refractivity contribution in [1.82, 2.24) is 4.90 Å². The monoisotopic (exact) mass is 381 g/mol. The van der Waals surface area contributed by atoms with Gasteiger partial charge in [0, 0.05) is 29.1 Å². The van der Waals surface area contributed by atoms with E-state index in [9.17, 15) is 4.79 Å². The molecule has 0 atom stereocenters. The number of amides is 1. The standard InChI is InChI=1S/C11H13ClIN3O2/c1-16(5-4-10(14)15-18)11(17)7-2-3-9(13)8(12)6-7/h2-3,6,18H,4-5H2,1H3,(H2,14,15). The van der Waals surface area contributed by atoms with Crippen molar-refractivity contribution in [2.24, 2.45) is 10.9 Å². The summed E-state index contributed by atoms with van der Waals surface area (Å²) in [6, 6.07) is 5.13. The average molecular weight is 382 g/mol. The second-order valence-electron chi connectivity index (χ2n) is 3.70. The molecule has 1 amide bonds. The van der Waals surface area contributed by atoms with Gasteiger partial charge in [-0.3, -0.25) is 4.79 Å². The van der Waals surface area contributed by atoms with Crippen LogP contribution in [-0.4, -0.2) is 35.4 Å². The molecule has 5 nitrogen and oxygen atoms in total. The molecule has 0 spiro atoms. The molecule has 0 fully saturated rings. The van der Waals surface area contributed by atoms with E-state index >= 15 is 0 Å². The molecule has 0 bridgehead atoms. The van der Waals surface area contributed by atoms with Crippen LogP contribution in [0.2, 0.25) is 5.02 Å². The first kappa shape index (κ1) is 15.0. The molecule has 7 heteroatoms. The molecule has 0 saturated heterocycles. The van der Waals surface area contributed by atoms with Gasteiger partial charge in [0.05, 0.1) is 5.02 Å². The Hall–Kier alpha value is -1.02. The molecular weight excluding hydrogens is 368 g/mol. The number of hydrogen-bond acceptors (Lipinski definition) is 3. The van der Waals surface area contributed by atoms with E-state index in [1.807, 2.05) is 0 Å². The SMILES string of the molecule is CN(CC/C(N)=N/O)C(=O)c1ccc(I)c(Cl)c1. The Morgan fingerprint density at radius 3 is 2.83 bits per heavy atom. The van der Waals surface area contributed by atoms with Gasteiger partial charge in [-0.2, -0.15) is 0 Å². The van der Waals surface area contributed by atoms with Crippen LogP contribution in [0.3, 0.4) is 0 Å². The third-order valence-corrected chi connectivity index (χ3v) is 3.92. The summed E-state index contributed by atoms with van der Waals surface area (Å²) in [5.74, 6) is -0.0608. The van der Waals surface area contributed by atoms with Gasteiger partial charge in [0.1, 0.15) is 5.84 Å². The topological polar surface area (TPSA) is 78.9 Å². The van der Waals surface area contributed by atoms with Crippen molar-refractivity contribution < 1.29 is 10.0 Å². The van der Waals surface area contributed by atoms with Crippen LogP contribution in [0.15, 0.2) is 23.4 Å². The predicted molar refractivity (Wildman–Crippen MR) is 79.2 cm³/mol. The van der Waals surface area contributed by atoms with Gasteiger partial charge < -0.3 is 15.8 Å². The minimum atomic E-state index is -0.154. The van der Waals surface area contributed by atoms with Gasteiger partial charge in [0.25, 0.3) is 5.91 Å². The third kappa shape index (κ3) is 4.02. The summed E-state index contributed by atoms with van der Waals surface area (Å²) < 4.78 is 0.894. The van der Waals surface area contributed by atoms with Crippen molar-refractivity contribution >= 4 is 45.9 Å². The zero-order valence-corrected chi connectivity index (χ0v) is 12.6. The van der Waals surface area contributed by atoms with Gasteiger partial charge in [-0.25, -0.2) is 0 Å². The first-order valence-electron chi connectivity index (χ1n) is 5.12. The van der Waals surface area contributed by atoms with Crippen LogP contribution in [0, 0.1) is 3.57 Å². The summed E-state index contributed by atoms with van der Waals surface area (Å²) in [5, 5.41) is 11.8. The van der Waals surface area contributed by atoms with E-state index in [2.05, 4.69) is 27.7 Å². The molecule has 0 radical (unpaired) electrons. The van der Waals surface area contributed by atoms with E-state index in [4.69, 9.17) is 22.5 Å². The number of nitrogens with zero attached hydrogens (tertiary/aromatic N) is 2. The Morgan fingerprint density at radius 1 is 1.61 bits per heavy atom. The van der Waals surface area contributed by atoms with Crippen molar-refractivity contribution in [3.8, 4) is 0 Å². The molecule has 0 aliphatic heterocycles. The fraction of sp³-hybridized carbons (Fsp3) is 0.273. The Labute approximate surface area is 124 Å². The molecule has 3 N–H and O–H groups in total. The quantitative estimate of drug-likeness (QED) is 0.276. The highest BCUT2D eigenvalue weighted by atomic mass is 127.